The first-order valence-corrected chi connectivity index (χ1v) is 6.47. The van der Waals surface area contributed by atoms with Crippen LogP contribution in [0, 0.1) is 0 Å². The van der Waals surface area contributed by atoms with Gasteiger partial charge in [0.05, 0.1) is 6.10 Å². The fourth-order valence-corrected chi connectivity index (χ4v) is 4.05. The summed E-state index contributed by atoms with van der Waals surface area (Å²) in [5.41, 5.74) is 0. The van der Waals surface area contributed by atoms with Crippen LogP contribution in [0.3, 0.4) is 0 Å². The van der Waals surface area contributed by atoms with Gasteiger partial charge in [-0.2, -0.15) is 0 Å². The third-order valence-electron chi connectivity index (χ3n) is 2.20. The molecule has 2 nitrogen and oxygen atoms in total. The minimum atomic E-state index is 0.143. The van der Waals surface area contributed by atoms with Crippen molar-refractivity contribution in [2.45, 2.75) is 49.7 Å². The summed E-state index contributed by atoms with van der Waals surface area (Å²) in [5.74, 6) is 5.27. The van der Waals surface area contributed by atoms with Gasteiger partial charge < -0.3 is 0 Å². The average Bonchev–Trinajstić information content (AvgIpc) is 2.12. The van der Waals surface area contributed by atoms with Crippen LogP contribution in [-0.2, 0) is 4.84 Å². The van der Waals surface area contributed by atoms with Crippen molar-refractivity contribution in [3.05, 3.63) is 0 Å². The molecule has 2 atom stereocenters. The molecular formula is C8H17NOS2. The molecule has 1 saturated heterocycles. The summed E-state index contributed by atoms with van der Waals surface area (Å²) >= 11 is 0. The fraction of sp³-hybridized carbons (Fsp3) is 1.00. The predicted octanol–water partition coefficient (Wildman–Crippen LogP) is 2.59. The molecule has 0 saturated carbocycles. The summed E-state index contributed by atoms with van der Waals surface area (Å²) in [6.07, 6.45) is 2.47. The van der Waals surface area contributed by atoms with E-state index >= 15 is 0 Å². The van der Waals surface area contributed by atoms with E-state index in [0.717, 1.165) is 11.7 Å². The molecule has 1 aliphatic heterocycles. The maximum absolute atomic E-state index is 5.27. The Bertz CT molecular complexity index is 152. The maximum Gasteiger partial charge on any atom is 0.0937 e. The van der Waals surface area contributed by atoms with Gasteiger partial charge in [0.15, 0.2) is 0 Å². The molecule has 0 bridgehead atoms. The van der Waals surface area contributed by atoms with E-state index in [2.05, 4.69) is 20.8 Å². The Labute approximate surface area is 82.3 Å². The quantitative estimate of drug-likeness (QED) is 0.529. The van der Waals surface area contributed by atoms with Crippen molar-refractivity contribution in [3.63, 3.8) is 0 Å². The number of nitrogens with two attached hydrogens (primary N) is 1. The van der Waals surface area contributed by atoms with Crippen LogP contribution in [0.15, 0.2) is 0 Å². The lowest BCUT2D eigenvalue weighted by molar-refractivity contribution is 0.0269. The largest absolute Gasteiger partial charge is 0.300 e. The topological polar surface area (TPSA) is 35.2 Å². The Balaban J connectivity index is 2.60. The van der Waals surface area contributed by atoms with Gasteiger partial charge in [-0.25, -0.2) is 5.90 Å². The maximum atomic E-state index is 5.27. The van der Waals surface area contributed by atoms with Crippen molar-refractivity contribution >= 4 is 21.6 Å². The van der Waals surface area contributed by atoms with Crippen LogP contribution in [0.5, 0.6) is 0 Å². The molecule has 1 rings (SSSR count). The SMILES string of the molecule is CC1CCC(ON)C(C)(C)SS1. The Kier molecular flexibility index (Phi) is 3.76. The smallest absolute Gasteiger partial charge is 0.0937 e. The lowest BCUT2D eigenvalue weighted by Crippen LogP contribution is -2.36. The standard InChI is InChI=1S/C8H17NOS2/c1-6-4-5-7(10-9)8(2,3)12-11-6/h6-7H,4-5,9H2,1-3H3. The zero-order valence-corrected chi connectivity index (χ0v) is 9.50. The van der Waals surface area contributed by atoms with E-state index < -0.39 is 0 Å². The summed E-state index contributed by atoms with van der Waals surface area (Å²) in [5, 5.41) is 0.717. The molecule has 2 unspecified atom stereocenters. The third-order valence-corrected chi connectivity index (χ3v) is 6.12. The zero-order valence-electron chi connectivity index (χ0n) is 7.87. The average molecular weight is 207 g/mol. The predicted molar refractivity (Wildman–Crippen MR) is 57.0 cm³/mol. The molecule has 1 aliphatic rings. The molecule has 2 N–H and O–H groups in total. The molecule has 0 aliphatic carbocycles. The van der Waals surface area contributed by atoms with Crippen molar-refractivity contribution in [3.8, 4) is 0 Å². The van der Waals surface area contributed by atoms with Crippen LogP contribution in [0.4, 0.5) is 0 Å². The van der Waals surface area contributed by atoms with Crippen LogP contribution >= 0.6 is 21.6 Å². The lowest BCUT2D eigenvalue weighted by atomic mass is 10.0. The van der Waals surface area contributed by atoms with E-state index in [1.54, 1.807) is 0 Å². The van der Waals surface area contributed by atoms with Crippen LogP contribution in [0.2, 0.25) is 0 Å². The Hall–Kier alpha value is 0.620. The second kappa shape index (κ2) is 4.22. The minimum Gasteiger partial charge on any atom is -0.300 e. The van der Waals surface area contributed by atoms with Crippen LogP contribution in [0.25, 0.3) is 0 Å². The second-order valence-electron chi connectivity index (χ2n) is 3.80. The summed E-state index contributed by atoms with van der Waals surface area (Å²) in [7, 11) is 3.84. The van der Waals surface area contributed by atoms with Crippen molar-refractivity contribution in [1.29, 1.82) is 0 Å². The van der Waals surface area contributed by atoms with Crippen LogP contribution in [-0.4, -0.2) is 16.1 Å². The van der Waals surface area contributed by atoms with Crippen molar-refractivity contribution in [2.24, 2.45) is 5.90 Å². The van der Waals surface area contributed by atoms with E-state index in [4.69, 9.17) is 10.7 Å². The van der Waals surface area contributed by atoms with E-state index in [9.17, 15) is 0 Å². The highest BCUT2D eigenvalue weighted by Gasteiger charge is 2.34. The van der Waals surface area contributed by atoms with E-state index in [1.807, 2.05) is 21.6 Å². The fourth-order valence-electron chi connectivity index (χ4n) is 1.27. The van der Waals surface area contributed by atoms with Crippen LogP contribution in [0.1, 0.15) is 33.6 Å². The van der Waals surface area contributed by atoms with Gasteiger partial charge in [0, 0.05) is 10.00 Å². The molecule has 1 fully saturated rings. The molecule has 0 aromatic carbocycles. The Morgan fingerprint density at radius 1 is 1.42 bits per heavy atom. The van der Waals surface area contributed by atoms with Gasteiger partial charge in [-0.1, -0.05) is 28.5 Å². The van der Waals surface area contributed by atoms with Gasteiger partial charge in [0.2, 0.25) is 0 Å². The highest BCUT2D eigenvalue weighted by molar-refractivity contribution is 8.77. The molecule has 0 amide bonds. The van der Waals surface area contributed by atoms with Gasteiger partial charge >= 0.3 is 0 Å². The van der Waals surface area contributed by atoms with Gasteiger partial charge in [-0.05, 0) is 26.7 Å². The van der Waals surface area contributed by atoms with Gasteiger partial charge in [0.1, 0.15) is 0 Å². The molecule has 0 aromatic rings. The van der Waals surface area contributed by atoms with E-state index in [-0.39, 0.29) is 10.9 Å². The summed E-state index contributed by atoms with van der Waals surface area (Å²) in [4.78, 5) is 5.00. The number of hydrogen-bond donors (Lipinski definition) is 1. The Morgan fingerprint density at radius 3 is 2.67 bits per heavy atom. The van der Waals surface area contributed by atoms with Gasteiger partial charge in [-0.3, -0.25) is 4.84 Å². The van der Waals surface area contributed by atoms with Gasteiger partial charge in [-0.15, -0.1) is 0 Å². The first-order valence-electron chi connectivity index (χ1n) is 4.26. The second-order valence-corrected chi connectivity index (χ2v) is 7.09. The van der Waals surface area contributed by atoms with Crippen LogP contribution < -0.4 is 5.90 Å². The molecule has 0 spiro atoms. The van der Waals surface area contributed by atoms with E-state index in [1.165, 1.54) is 6.42 Å². The number of hydrogen-bond acceptors (Lipinski definition) is 4. The zero-order chi connectivity index (χ0) is 9.19. The number of rotatable bonds is 1. The normalized spacial score (nSPS) is 36.0. The first kappa shape index (κ1) is 10.7. The molecular weight excluding hydrogens is 190 g/mol. The highest BCUT2D eigenvalue weighted by atomic mass is 33.1. The molecule has 0 aromatic heterocycles. The highest BCUT2D eigenvalue weighted by Crippen LogP contribution is 2.46. The van der Waals surface area contributed by atoms with E-state index in [0.29, 0.717) is 0 Å². The summed E-state index contributed by atoms with van der Waals surface area (Å²) in [6.45, 7) is 6.65. The molecule has 4 heteroatoms. The summed E-state index contributed by atoms with van der Waals surface area (Å²) in [6, 6.07) is 0. The minimum absolute atomic E-state index is 0.143. The van der Waals surface area contributed by atoms with Gasteiger partial charge in [0.25, 0.3) is 0 Å². The third kappa shape index (κ3) is 2.55. The summed E-state index contributed by atoms with van der Waals surface area (Å²) < 4.78 is 0.143. The Morgan fingerprint density at radius 2 is 2.08 bits per heavy atom. The molecule has 12 heavy (non-hydrogen) atoms. The first-order chi connectivity index (χ1) is 5.56. The molecule has 1 heterocycles. The monoisotopic (exact) mass is 207 g/mol. The lowest BCUT2D eigenvalue weighted by Gasteiger charge is -2.28. The van der Waals surface area contributed by atoms with Crippen molar-refractivity contribution in [2.75, 3.05) is 0 Å². The van der Waals surface area contributed by atoms with Crippen molar-refractivity contribution in [1.82, 2.24) is 0 Å². The van der Waals surface area contributed by atoms with Crippen molar-refractivity contribution < 1.29 is 4.84 Å². The molecule has 0 radical (unpaired) electrons. The molecule has 72 valence electrons.